The van der Waals surface area contributed by atoms with Crippen LogP contribution in [-0.4, -0.2) is 6.61 Å². The molecular formula is C29H20F8O2. The first-order chi connectivity index (χ1) is 18.4. The smallest absolute Gasteiger partial charge is 0.432 e. The van der Waals surface area contributed by atoms with Crippen molar-refractivity contribution in [1.82, 2.24) is 0 Å². The molecule has 0 unspecified atom stereocenters. The second-order valence-electron chi connectivity index (χ2n) is 8.52. The molecule has 0 radical (unpaired) electrons. The largest absolute Gasteiger partial charge is 0.494 e. The van der Waals surface area contributed by atoms with Crippen LogP contribution in [0, 0.1) is 17.5 Å². The maximum absolute atomic E-state index is 14.9. The van der Waals surface area contributed by atoms with Gasteiger partial charge in [-0.2, -0.15) is 22.0 Å². The third kappa shape index (κ3) is 6.32. The Morgan fingerprint density at radius 3 is 1.69 bits per heavy atom. The van der Waals surface area contributed by atoms with Gasteiger partial charge in [0.2, 0.25) is 0 Å². The SMILES string of the molecule is CCCOc1ccc(-c2ccc(-c3cc(F)c(C(F)(F)Oc4ccc(C(F)(F)F)cc4)c(F)c3)c(F)c2)cc1. The Bertz CT molecular complexity index is 1420. The third-order valence-electron chi connectivity index (χ3n) is 5.70. The fraction of sp³-hybridized carbons (Fsp3) is 0.172. The predicted octanol–water partition coefficient (Wildman–Crippen LogP) is 9.37. The fourth-order valence-corrected chi connectivity index (χ4v) is 3.81. The highest BCUT2D eigenvalue weighted by Gasteiger charge is 2.41. The molecule has 0 saturated carbocycles. The summed E-state index contributed by atoms with van der Waals surface area (Å²) in [4.78, 5) is 0. The van der Waals surface area contributed by atoms with Crippen molar-refractivity contribution in [2.75, 3.05) is 6.61 Å². The molecule has 4 aromatic rings. The van der Waals surface area contributed by atoms with E-state index < -0.39 is 46.6 Å². The lowest BCUT2D eigenvalue weighted by atomic mass is 9.98. The van der Waals surface area contributed by atoms with Crippen LogP contribution in [0.1, 0.15) is 24.5 Å². The van der Waals surface area contributed by atoms with Gasteiger partial charge >= 0.3 is 12.3 Å². The van der Waals surface area contributed by atoms with Crippen LogP contribution < -0.4 is 9.47 Å². The average Bonchev–Trinajstić information content (AvgIpc) is 2.86. The highest BCUT2D eigenvalue weighted by atomic mass is 19.4. The van der Waals surface area contributed by atoms with E-state index in [1.165, 1.54) is 12.1 Å². The topological polar surface area (TPSA) is 18.5 Å². The number of hydrogen-bond donors (Lipinski definition) is 0. The van der Waals surface area contributed by atoms with Crippen LogP contribution in [0.4, 0.5) is 35.1 Å². The maximum Gasteiger partial charge on any atom is 0.432 e. The molecule has 0 N–H and O–H groups in total. The minimum atomic E-state index is -4.71. The Kier molecular flexibility index (Phi) is 7.85. The molecular weight excluding hydrogens is 532 g/mol. The Morgan fingerprint density at radius 2 is 1.15 bits per heavy atom. The Labute approximate surface area is 218 Å². The van der Waals surface area contributed by atoms with Gasteiger partial charge in [0.25, 0.3) is 0 Å². The minimum Gasteiger partial charge on any atom is -0.494 e. The van der Waals surface area contributed by atoms with Crippen molar-refractivity contribution in [3.8, 4) is 33.8 Å². The van der Waals surface area contributed by atoms with Crippen molar-refractivity contribution in [2.24, 2.45) is 0 Å². The number of halogens is 8. The summed E-state index contributed by atoms with van der Waals surface area (Å²) < 4.78 is 122. The molecule has 39 heavy (non-hydrogen) atoms. The van der Waals surface area contributed by atoms with E-state index in [0.29, 0.717) is 59.9 Å². The van der Waals surface area contributed by atoms with Crippen LogP contribution in [0.25, 0.3) is 22.3 Å². The van der Waals surface area contributed by atoms with Gasteiger partial charge in [-0.05, 0) is 77.7 Å². The van der Waals surface area contributed by atoms with Crippen molar-refractivity contribution < 1.29 is 44.6 Å². The van der Waals surface area contributed by atoms with Gasteiger partial charge in [0.1, 0.15) is 34.5 Å². The van der Waals surface area contributed by atoms with Crippen LogP contribution in [0.15, 0.2) is 78.9 Å². The molecule has 0 spiro atoms. The molecule has 2 nitrogen and oxygen atoms in total. The average molecular weight is 552 g/mol. The van der Waals surface area contributed by atoms with E-state index in [4.69, 9.17) is 4.74 Å². The van der Waals surface area contributed by atoms with Gasteiger partial charge in [-0.3, -0.25) is 0 Å². The Morgan fingerprint density at radius 1 is 0.615 bits per heavy atom. The highest BCUT2D eigenvalue weighted by Crippen LogP contribution is 2.39. The van der Waals surface area contributed by atoms with E-state index in [2.05, 4.69) is 4.74 Å². The molecule has 0 aliphatic heterocycles. The second kappa shape index (κ2) is 11.0. The lowest BCUT2D eigenvalue weighted by Crippen LogP contribution is -2.25. The first-order valence-corrected chi connectivity index (χ1v) is 11.7. The molecule has 4 aromatic carbocycles. The molecule has 0 aliphatic carbocycles. The van der Waals surface area contributed by atoms with Crippen LogP contribution in [0.2, 0.25) is 0 Å². The molecule has 204 valence electrons. The molecule has 0 saturated heterocycles. The monoisotopic (exact) mass is 552 g/mol. The van der Waals surface area contributed by atoms with Gasteiger partial charge in [0.15, 0.2) is 0 Å². The van der Waals surface area contributed by atoms with Gasteiger partial charge in [0, 0.05) is 5.56 Å². The Balaban J connectivity index is 1.58. The van der Waals surface area contributed by atoms with Crippen molar-refractivity contribution in [3.05, 3.63) is 107 Å². The number of benzene rings is 4. The zero-order valence-electron chi connectivity index (χ0n) is 20.3. The van der Waals surface area contributed by atoms with Gasteiger partial charge in [-0.25, -0.2) is 13.2 Å². The molecule has 10 heteroatoms. The molecule has 4 rings (SSSR count). The molecule has 0 bridgehead atoms. The summed E-state index contributed by atoms with van der Waals surface area (Å²) in [6.07, 6.45) is -8.46. The summed E-state index contributed by atoms with van der Waals surface area (Å²) in [5.74, 6) is -4.41. The molecule has 0 aliphatic rings. The summed E-state index contributed by atoms with van der Waals surface area (Å²) in [5.41, 5.74) is -2.35. The number of alkyl halides is 5. The van der Waals surface area contributed by atoms with Gasteiger partial charge in [0.05, 0.1) is 12.2 Å². The lowest BCUT2D eigenvalue weighted by molar-refractivity contribution is -0.189. The Hall–Kier alpha value is -4.08. The number of ether oxygens (including phenoxy) is 2. The van der Waals surface area contributed by atoms with E-state index in [9.17, 15) is 35.1 Å². The standard InChI is InChI=1S/C29H20F8O2/c1-2-13-38-21-8-3-17(4-9-21)18-5-12-23(24(30)14-18)19-15-25(31)27(26(32)16-19)29(36,37)39-22-10-6-20(7-11-22)28(33,34)35/h3-12,14-16H,2,13H2,1H3. The zero-order chi connectivity index (χ0) is 28.4. The third-order valence-corrected chi connectivity index (χ3v) is 5.70. The molecule has 0 atom stereocenters. The normalized spacial score (nSPS) is 11.9. The van der Waals surface area contributed by atoms with Crippen LogP contribution >= 0.6 is 0 Å². The van der Waals surface area contributed by atoms with Crippen LogP contribution in [0.5, 0.6) is 11.5 Å². The van der Waals surface area contributed by atoms with E-state index >= 15 is 0 Å². The highest BCUT2D eigenvalue weighted by molar-refractivity contribution is 5.71. The zero-order valence-corrected chi connectivity index (χ0v) is 20.3. The number of rotatable bonds is 8. The van der Waals surface area contributed by atoms with Crippen molar-refractivity contribution in [3.63, 3.8) is 0 Å². The van der Waals surface area contributed by atoms with Crippen molar-refractivity contribution in [2.45, 2.75) is 25.6 Å². The summed E-state index contributed by atoms with van der Waals surface area (Å²) >= 11 is 0. The first-order valence-electron chi connectivity index (χ1n) is 11.7. The van der Waals surface area contributed by atoms with Crippen molar-refractivity contribution >= 4 is 0 Å². The second-order valence-corrected chi connectivity index (χ2v) is 8.52. The first kappa shape index (κ1) is 27.9. The van der Waals surface area contributed by atoms with Gasteiger partial charge in [-0.1, -0.05) is 31.2 Å². The number of hydrogen-bond acceptors (Lipinski definition) is 2. The summed E-state index contributed by atoms with van der Waals surface area (Å²) in [5, 5.41) is 0. The molecule has 0 aromatic heterocycles. The van der Waals surface area contributed by atoms with Crippen molar-refractivity contribution in [1.29, 1.82) is 0 Å². The summed E-state index contributed by atoms with van der Waals surface area (Å²) in [6.45, 7) is 2.51. The summed E-state index contributed by atoms with van der Waals surface area (Å²) in [6, 6.07) is 14.0. The molecule has 0 heterocycles. The van der Waals surface area contributed by atoms with Gasteiger partial charge in [-0.15, -0.1) is 0 Å². The quantitative estimate of drug-likeness (QED) is 0.203. The van der Waals surface area contributed by atoms with Crippen LogP contribution in [-0.2, 0) is 12.3 Å². The van der Waals surface area contributed by atoms with E-state index in [1.807, 2.05) is 6.92 Å². The van der Waals surface area contributed by atoms with E-state index in [1.54, 1.807) is 24.3 Å². The summed E-state index contributed by atoms with van der Waals surface area (Å²) in [7, 11) is 0. The van der Waals surface area contributed by atoms with E-state index in [-0.39, 0.29) is 11.1 Å². The van der Waals surface area contributed by atoms with Crippen LogP contribution in [0.3, 0.4) is 0 Å². The predicted molar refractivity (Wildman–Crippen MR) is 129 cm³/mol. The minimum absolute atomic E-state index is 0.238. The lowest BCUT2D eigenvalue weighted by Gasteiger charge is -2.20. The van der Waals surface area contributed by atoms with E-state index in [0.717, 1.165) is 12.5 Å². The molecule has 0 fully saturated rings. The maximum atomic E-state index is 14.9. The van der Waals surface area contributed by atoms with Gasteiger partial charge < -0.3 is 9.47 Å². The molecule has 0 amide bonds. The fourth-order valence-electron chi connectivity index (χ4n) is 3.81.